The van der Waals surface area contributed by atoms with E-state index in [1.54, 1.807) is 47.2 Å². The first-order valence-electron chi connectivity index (χ1n) is 8.25. The second-order valence-electron chi connectivity index (χ2n) is 5.67. The summed E-state index contributed by atoms with van der Waals surface area (Å²) in [7, 11) is 0. The number of ether oxygens (including phenoxy) is 1. The molecule has 0 spiro atoms. The fourth-order valence-electron chi connectivity index (χ4n) is 2.43. The van der Waals surface area contributed by atoms with Crippen LogP contribution in [0.4, 0.5) is 0 Å². The van der Waals surface area contributed by atoms with Crippen molar-refractivity contribution in [1.29, 1.82) is 0 Å². The van der Waals surface area contributed by atoms with Gasteiger partial charge in [-0.1, -0.05) is 18.2 Å². The van der Waals surface area contributed by atoms with Crippen LogP contribution in [-0.4, -0.2) is 34.4 Å². The first kappa shape index (κ1) is 19.6. The van der Waals surface area contributed by atoms with Gasteiger partial charge in [0.15, 0.2) is 6.61 Å². The van der Waals surface area contributed by atoms with Crippen LogP contribution in [0.15, 0.2) is 72.0 Å². The lowest BCUT2D eigenvalue weighted by molar-refractivity contribution is -0.123. The zero-order valence-corrected chi connectivity index (χ0v) is 16.7. The molecular formula is C20H16IN3O4. The van der Waals surface area contributed by atoms with Crippen molar-refractivity contribution in [3.8, 4) is 11.4 Å². The number of amides is 1. The van der Waals surface area contributed by atoms with E-state index in [1.165, 1.54) is 12.3 Å². The number of nitrogens with one attached hydrogen (secondary N) is 1. The summed E-state index contributed by atoms with van der Waals surface area (Å²) in [6.07, 6.45) is 3.27. The van der Waals surface area contributed by atoms with Gasteiger partial charge in [-0.05, 0) is 65.1 Å². The number of carboxylic acids is 1. The Morgan fingerprint density at radius 1 is 1.14 bits per heavy atom. The smallest absolute Gasteiger partial charge is 0.335 e. The molecule has 8 heteroatoms. The van der Waals surface area contributed by atoms with Gasteiger partial charge in [-0.25, -0.2) is 10.2 Å². The van der Waals surface area contributed by atoms with Crippen LogP contribution >= 0.6 is 22.6 Å². The van der Waals surface area contributed by atoms with Crippen LogP contribution in [0.2, 0.25) is 0 Å². The Bertz CT molecular complexity index is 1030. The molecule has 0 atom stereocenters. The summed E-state index contributed by atoms with van der Waals surface area (Å²) in [4.78, 5) is 23.1. The number of para-hydroxylation sites is 1. The zero-order valence-electron chi connectivity index (χ0n) is 14.6. The van der Waals surface area contributed by atoms with Gasteiger partial charge in [0, 0.05) is 11.9 Å². The van der Waals surface area contributed by atoms with Crippen LogP contribution in [0.5, 0.6) is 5.75 Å². The van der Waals surface area contributed by atoms with E-state index in [1.807, 2.05) is 18.2 Å². The third-order valence-corrected chi connectivity index (χ3v) is 4.62. The molecule has 2 N–H and O–H groups in total. The number of hydrogen-bond donors (Lipinski definition) is 2. The maximum absolute atomic E-state index is 11.9. The highest BCUT2D eigenvalue weighted by Gasteiger charge is 2.07. The molecule has 0 saturated heterocycles. The number of aromatic carboxylic acids is 1. The first-order valence-corrected chi connectivity index (χ1v) is 9.33. The molecule has 0 aliphatic carbocycles. The van der Waals surface area contributed by atoms with Gasteiger partial charge < -0.3 is 14.4 Å². The molecule has 3 rings (SSSR count). The van der Waals surface area contributed by atoms with Gasteiger partial charge in [0.05, 0.1) is 21.0 Å². The van der Waals surface area contributed by atoms with E-state index >= 15 is 0 Å². The highest BCUT2D eigenvalue weighted by atomic mass is 127. The van der Waals surface area contributed by atoms with Crippen LogP contribution < -0.4 is 10.2 Å². The number of carbonyl (C=O) groups is 2. The number of halogens is 1. The molecule has 0 unspecified atom stereocenters. The Kier molecular flexibility index (Phi) is 6.43. The molecule has 7 nitrogen and oxygen atoms in total. The molecule has 1 amide bonds. The van der Waals surface area contributed by atoms with Gasteiger partial charge in [-0.15, -0.1) is 0 Å². The molecule has 0 fully saturated rings. The molecule has 2 aromatic carbocycles. The Balaban J connectivity index is 1.62. The largest absolute Gasteiger partial charge is 0.483 e. The van der Waals surface area contributed by atoms with Crippen molar-refractivity contribution >= 4 is 40.7 Å². The van der Waals surface area contributed by atoms with Gasteiger partial charge in [-0.2, -0.15) is 5.10 Å². The van der Waals surface area contributed by atoms with Crippen molar-refractivity contribution < 1.29 is 19.4 Å². The molecule has 1 heterocycles. The average molecular weight is 489 g/mol. The second kappa shape index (κ2) is 9.18. The summed E-state index contributed by atoms with van der Waals surface area (Å²) >= 11 is 2.13. The number of rotatable bonds is 7. The Hall–Kier alpha value is -3.14. The van der Waals surface area contributed by atoms with Crippen LogP contribution in [0.3, 0.4) is 0 Å². The van der Waals surface area contributed by atoms with E-state index in [0.717, 1.165) is 3.57 Å². The van der Waals surface area contributed by atoms with E-state index < -0.39 is 5.97 Å². The Morgan fingerprint density at radius 3 is 2.75 bits per heavy atom. The predicted molar refractivity (Wildman–Crippen MR) is 113 cm³/mol. The van der Waals surface area contributed by atoms with Crippen molar-refractivity contribution in [2.24, 2.45) is 5.10 Å². The zero-order chi connectivity index (χ0) is 19.9. The number of carbonyl (C=O) groups excluding carboxylic acids is 1. The number of nitrogens with zero attached hydrogens (tertiary/aromatic N) is 2. The molecule has 1 aromatic heterocycles. The normalized spacial score (nSPS) is 10.8. The highest BCUT2D eigenvalue weighted by molar-refractivity contribution is 14.1. The van der Waals surface area contributed by atoms with Crippen molar-refractivity contribution in [1.82, 2.24) is 9.99 Å². The lowest BCUT2D eigenvalue weighted by atomic mass is 10.2. The van der Waals surface area contributed by atoms with E-state index in [0.29, 0.717) is 17.1 Å². The molecule has 0 bridgehead atoms. The van der Waals surface area contributed by atoms with Crippen LogP contribution in [0.25, 0.3) is 5.69 Å². The third kappa shape index (κ3) is 4.97. The molecule has 142 valence electrons. The molecular weight excluding hydrogens is 473 g/mol. The van der Waals surface area contributed by atoms with E-state index in [9.17, 15) is 9.59 Å². The fourth-order valence-corrected chi connectivity index (χ4v) is 2.97. The standard InChI is InChI=1S/C20H16IN3O4/c21-17-8-1-2-9-18(17)28-13-19(25)23-22-12-16-7-4-10-24(16)15-6-3-5-14(11-15)20(26)27/h1-12H,13H2,(H,23,25)(H,26,27)/b22-12+. The Morgan fingerprint density at radius 2 is 1.96 bits per heavy atom. The van der Waals surface area contributed by atoms with Crippen LogP contribution in [-0.2, 0) is 4.79 Å². The van der Waals surface area contributed by atoms with Crippen molar-refractivity contribution in [2.45, 2.75) is 0 Å². The Labute approximate surface area is 174 Å². The van der Waals surface area contributed by atoms with Gasteiger partial charge in [0.2, 0.25) is 0 Å². The minimum absolute atomic E-state index is 0.154. The summed E-state index contributed by atoms with van der Waals surface area (Å²) in [5.41, 5.74) is 3.97. The summed E-state index contributed by atoms with van der Waals surface area (Å²) in [5.74, 6) is -0.749. The molecule has 3 aromatic rings. The number of carboxylic acid groups (broad SMARTS) is 1. The molecule has 0 radical (unpaired) electrons. The summed E-state index contributed by atoms with van der Waals surface area (Å²) in [6.45, 7) is -0.154. The van der Waals surface area contributed by atoms with Crippen molar-refractivity contribution in [2.75, 3.05) is 6.61 Å². The summed E-state index contributed by atoms with van der Waals surface area (Å²) in [5, 5.41) is 13.1. The minimum atomic E-state index is -0.996. The minimum Gasteiger partial charge on any atom is -0.483 e. The number of hydrazone groups is 1. The SMILES string of the molecule is O=C(COc1ccccc1I)N/N=C/c1cccn1-c1cccc(C(=O)O)c1. The van der Waals surface area contributed by atoms with Crippen LogP contribution in [0, 0.1) is 3.57 Å². The van der Waals surface area contributed by atoms with Gasteiger partial charge in [0.25, 0.3) is 5.91 Å². The maximum Gasteiger partial charge on any atom is 0.335 e. The summed E-state index contributed by atoms with van der Waals surface area (Å²) in [6, 6.07) is 17.5. The van der Waals surface area contributed by atoms with E-state index in [2.05, 4.69) is 33.1 Å². The molecule has 0 aliphatic heterocycles. The van der Waals surface area contributed by atoms with Crippen molar-refractivity contribution in [3.05, 3.63) is 81.7 Å². The molecule has 28 heavy (non-hydrogen) atoms. The highest BCUT2D eigenvalue weighted by Crippen LogP contribution is 2.19. The van der Waals surface area contributed by atoms with Gasteiger partial charge >= 0.3 is 5.97 Å². The van der Waals surface area contributed by atoms with Crippen molar-refractivity contribution in [3.63, 3.8) is 0 Å². The van der Waals surface area contributed by atoms with Gasteiger partial charge in [-0.3, -0.25) is 4.79 Å². The lowest BCUT2D eigenvalue weighted by Crippen LogP contribution is -2.24. The second-order valence-corrected chi connectivity index (χ2v) is 6.83. The molecule has 0 saturated carbocycles. The maximum atomic E-state index is 11.9. The van der Waals surface area contributed by atoms with E-state index in [-0.39, 0.29) is 18.1 Å². The van der Waals surface area contributed by atoms with E-state index in [4.69, 9.17) is 9.84 Å². The number of aromatic nitrogens is 1. The first-order chi connectivity index (χ1) is 13.5. The fraction of sp³-hybridized carbons (Fsp3) is 0.0500. The topological polar surface area (TPSA) is 92.9 Å². The van der Waals surface area contributed by atoms with Crippen LogP contribution in [0.1, 0.15) is 16.1 Å². The lowest BCUT2D eigenvalue weighted by Gasteiger charge is -2.08. The predicted octanol–water partition coefficient (Wildman–Crippen LogP) is 3.31. The third-order valence-electron chi connectivity index (χ3n) is 3.73. The van der Waals surface area contributed by atoms with Gasteiger partial charge in [0.1, 0.15) is 5.75 Å². The number of hydrogen-bond acceptors (Lipinski definition) is 4. The molecule has 0 aliphatic rings. The number of benzene rings is 2. The quantitative estimate of drug-likeness (QED) is 0.303. The summed E-state index contributed by atoms with van der Waals surface area (Å²) < 4.78 is 8.14. The average Bonchev–Trinajstić information content (AvgIpc) is 3.16. The monoisotopic (exact) mass is 489 g/mol.